The van der Waals surface area contributed by atoms with Gasteiger partial charge in [-0.25, -0.2) is 18.1 Å². The summed E-state index contributed by atoms with van der Waals surface area (Å²) >= 11 is 0. The second-order valence-electron chi connectivity index (χ2n) is 9.29. The van der Waals surface area contributed by atoms with E-state index in [4.69, 9.17) is 4.98 Å². The van der Waals surface area contributed by atoms with E-state index in [0.717, 1.165) is 27.5 Å². The minimum absolute atomic E-state index is 0.0152. The topological polar surface area (TPSA) is 88.2 Å². The molecule has 1 aliphatic rings. The molecule has 2 aromatic carbocycles. The summed E-state index contributed by atoms with van der Waals surface area (Å²) in [7, 11) is -3.39. The van der Waals surface area contributed by atoms with Crippen LogP contribution >= 0.6 is 0 Å². The number of para-hydroxylation sites is 2. The lowest BCUT2D eigenvalue weighted by Crippen LogP contribution is -2.46. The molecule has 3 aromatic rings. The molecule has 2 N–H and O–H groups in total. The van der Waals surface area contributed by atoms with Crippen molar-refractivity contribution in [2.24, 2.45) is 5.92 Å². The van der Waals surface area contributed by atoms with Crippen LogP contribution in [0.1, 0.15) is 46.5 Å². The summed E-state index contributed by atoms with van der Waals surface area (Å²) in [4.78, 5) is 17.8. The molecule has 1 saturated carbocycles. The second kappa shape index (κ2) is 8.20. The second-order valence-corrected chi connectivity index (χ2v) is 11.8. The molecule has 164 valence electrons. The minimum atomic E-state index is -3.39. The molecule has 0 unspecified atom stereocenters. The van der Waals surface area contributed by atoms with Crippen LogP contribution in [0.2, 0.25) is 0 Å². The highest BCUT2D eigenvalue weighted by Gasteiger charge is 2.34. The van der Waals surface area contributed by atoms with E-state index in [9.17, 15) is 13.2 Å². The van der Waals surface area contributed by atoms with Gasteiger partial charge in [-0.2, -0.15) is 0 Å². The first kappa shape index (κ1) is 21.7. The van der Waals surface area contributed by atoms with E-state index in [1.54, 1.807) is 20.8 Å². The van der Waals surface area contributed by atoms with Gasteiger partial charge in [-0.1, -0.05) is 36.4 Å². The highest BCUT2D eigenvalue weighted by atomic mass is 32.2. The summed E-state index contributed by atoms with van der Waals surface area (Å²) in [5.41, 5.74) is 2.48. The third-order valence-electron chi connectivity index (χ3n) is 6.06. The van der Waals surface area contributed by atoms with Crippen molar-refractivity contribution in [1.82, 2.24) is 9.71 Å². The molecule has 1 fully saturated rings. The van der Waals surface area contributed by atoms with Gasteiger partial charge in [0.05, 0.1) is 21.5 Å². The Labute approximate surface area is 183 Å². The maximum Gasteiger partial charge on any atom is 0.227 e. The fourth-order valence-electron chi connectivity index (χ4n) is 4.07. The first-order valence-electron chi connectivity index (χ1n) is 10.8. The van der Waals surface area contributed by atoms with Crippen molar-refractivity contribution in [3.63, 3.8) is 0 Å². The van der Waals surface area contributed by atoms with Crippen LogP contribution in [0.25, 0.3) is 21.8 Å². The van der Waals surface area contributed by atoms with E-state index >= 15 is 0 Å². The Morgan fingerprint density at radius 3 is 1.94 bits per heavy atom. The molecule has 1 amide bonds. The minimum Gasteiger partial charge on any atom is -0.325 e. The van der Waals surface area contributed by atoms with E-state index in [0.29, 0.717) is 25.7 Å². The van der Waals surface area contributed by atoms with Gasteiger partial charge in [0, 0.05) is 22.7 Å². The van der Waals surface area contributed by atoms with E-state index in [2.05, 4.69) is 10.0 Å². The normalized spacial score (nSPS) is 20.1. The molecule has 1 heterocycles. The number of nitrogens with one attached hydrogen (secondary N) is 2. The zero-order chi connectivity index (χ0) is 22.2. The number of carbonyl (C=O) groups excluding carboxylic acids is 1. The number of carbonyl (C=O) groups is 1. The number of fused-ring (bicyclic) bond motifs is 2. The maximum absolute atomic E-state index is 13.1. The quantitative estimate of drug-likeness (QED) is 0.582. The predicted molar refractivity (Wildman–Crippen MR) is 125 cm³/mol. The van der Waals surface area contributed by atoms with Gasteiger partial charge in [0.15, 0.2) is 0 Å². The number of hydrogen-bond acceptors (Lipinski definition) is 4. The average Bonchev–Trinajstić information content (AvgIpc) is 2.73. The number of anilines is 1. The summed E-state index contributed by atoms with van der Waals surface area (Å²) < 4.78 is 26.8. The van der Waals surface area contributed by atoms with Crippen LogP contribution < -0.4 is 10.0 Å². The lowest BCUT2D eigenvalue weighted by molar-refractivity contribution is -0.120. The van der Waals surface area contributed by atoms with Gasteiger partial charge in [0.25, 0.3) is 0 Å². The standard InChI is InChI=1S/C24H29N3O3S/c1-24(2,3)31(29,30)27-17-14-12-16(13-15-17)23(28)26-22-18-8-4-6-10-20(18)25-21-11-7-5-9-19(21)22/h4-11,16-17,27H,12-15H2,1-3H3,(H,25,26,28). The van der Waals surface area contributed by atoms with Crippen molar-refractivity contribution >= 4 is 43.4 Å². The Kier molecular flexibility index (Phi) is 5.75. The number of benzene rings is 2. The zero-order valence-electron chi connectivity index (χ0n) is 18.2. The van der Waals surface area contributed by atoms with Crippen LogP contribution in [0.5, 0.6) is 0 Å². The van der Waals surface area contributed by atoms with Crippen molar-refractivity contribution in [3.8, 4) is 0 Å². The number of amides is 1. The summed E-state index contributed by atoms with van der Waals surface area (Å²) in [6.07, 6.45) is 2.63. The van der Waals surface area contributed by atoms with Gasteiger partial charge in [0.1, 0.15) is 0 Å². The summed E-state index contributed by atoms with van der Waals surface area (Å²) in [5.74, 6) is -0.153. The van der Waals surface area contributed by atoms with E-state index in [1.807, 2.05) is 48.5 Å². The first-order valence-corrected chi connectivity index (χ1v) is 12.2. The van der Waals surface area contributed by atoms with Gasteiger partial charge in [0.2, 0.25) is 15.9 Å². The molecule has 0 aliphatic heterocycles. The SMILES string of the molecule is CC(C)(C)S(=O)(=O)NC1CCC(C(=O)Nc2c3ccccc3nc3ccccc23)CC1. The highest BCUT2D eigenvalue weighted by molar-refractivity contribution is 7.90. The third kappa shape index (κ3) is 4.43. The Morgan fingerprint density at radius 1 is 0.903 bits per heavy atom. The van der Waals surface area contributed by atoms with E-state index in [-0.39, 0.29) is 17.9 Å². The predicted octanol–water partition coefficient (Wildman–Crippen LogP) is 4.60. The molecule has 4 rings (SSSR count). The summed E-state index contributed by atoms with van der Waals surface area (Å²) in [5, 5.41) is 5.00. The average molecular weight is 440 g/mol. The summed E-state index contributed by atoms with van der Waals surface area (Å²) in [6, 6.07) is 15.5. The van der Waals surface area contributed by atoms with Crippen LogP contribution in [0.15, 0.2) is 48.5 Å². The molecule has 0 atom stereocenters. The number of aromatic nitrogens is 1. The van der Waals surface area contributed by atoms with Crippen LogP contribution in [0, 0.1) is 5.92 Å². The smallest absolute Gasteiger partial charge is 0.227 e. The first-order chi connectivity index (χ1) is 14.7. The maximum atomic E-state index is 13.1. The number of rotatable bonds is 4. The van der Waals surface area contributed by atoms with Crippen molar-refractivity contribution in [2.75, 3.05) is 5.32 Å². The summed E-state index contributed by atoms with van der Waals surface area (Å²) in [6.45, 7) is 5.08. The molecule has 6 nitrogen and oxygen atoms in total. The number of nitrogens with zero attached hydrogens (tertiary/aromatic N) is 1. The van der Waals surface area contributed by atoms with Crippen molar-refractivity contribution in [2.45, 2.75) is 57.2 Å². The van der Waals surface area contributed by atoms with Crippen molar-refractivity contribution in [1.29, 1.82) is 0 Å². The monoisotopic (exact) mass is 439 g/mol. The van der Waals surface area contributed by atoms with Gasteiger partial charge >= 0.3 is 0 Å². The number of sulfonamides is 1. The Morgan fingerprint density at radius 2 is 1.42 bits per heavy atom. The lowest BCUT2D eigenvalue weighted by Gasteiger charge is -2.31. The van der Waals surface area contributed by atoms with Gasteiger partial charge in [-0.3, -0.25) is 4.79 Å². The van der Waals surface area contributed by atoms with Crippen LogP contribution in [-0.4, -0.2) is 30.1 Å². The van der Waals surface area contributed by atoms with Crippen LogP contribution in [0.3, 0.4) is 0 Å². The van der Waals surface area contributed by atoms with E-state index < -0.39 is 14.8 Å². The van der Waals surface area contributed by atoms with Gasteiger partial charge < -0.3 is 5.32 Å². The molecular weight excluding hydrogens is 410 g/mol. The molecule has 1 aromatic heterocycles. The van der Waals surface area contributed by atoms with Crippen molar-refractivity contribution < 1.29 is 13.2 Å². The van der Waals surface area contributed by atoms with Crippen molar-refractivity contribution in [3.05, 3.63) is 48.5 Å². The zero-order valence-corrected chi connectivity index (χ0v) is 19.0. The van der Waals surface area contributed by atoms with Gasteiger partial charge in [-0.15, -0.1) is 0 Å². The molecular formula is C24H29N3O3S. The third-order valence-corrected chi connectivity index (χ3v) is 8.32. The Hall–Kier alpha value is -2.51. The number of hydrogen-bond donors (Lipinski definition) is 2. The molecule has 0 radical (unpaired) electrons. The van der Waals surface area contributed by atoms with Crippen LogP contribution in [0.4, 0.5) is 5.69 Å². The fourth-order valence-corrected chi connectivity index (χ4v) is 5.10. The van der Waals surface area contributed by atoms with Gasteiger partial charge in [-0.05, 0) is 58.6 Å². The highest BCUT2D eigenvalue weighted by Crippen LogP contribution is 2.33. The molecule has 0 bridgehead atoms. The fraction of sp³-hybridized carbons (Fsp3) is 0.417. The molecule has 0 saturated heterocycles. The molecule has 7 heteroatoms. The van der Waals surface area contributed by atoms with E-state index in [1.165, 1.54) is 0 Å². The van der Waals surface area contributed by atoms with Crippen LogP contribution in [-0.2, 0) is 14.8 Å². The lowest BCUT2D eigenvalue weighted by atomic mass is 9.86. The largest absolute Gasteiger partial charge is 0.325 e. The molecule has 1 aliphatic carbocycles. The molecule has 31 heavy (non-hydrogen) atoms. The number of pyridine rings is 1. The Balaban J connectivity index is 1.50. The molecule has 0 spiro atoms. The Bertz CT molecular complexity index is 1170.